The van der Waals surface area contributed by atoms with Gasteiger partial charge in [-0.2, -0.15) is 0 Å². The van der Waals surface area contributed by atoms with Crippen LogP contribution >= 0.6 is 0 Å². The van der Waals surface area contributed by atoms with Crippen molar-refractivity contribution in [3.8, 4) is 5.88 Å². The van der Waals surface area contributed by atoms with E-state index in [9.17, 15) is 0 Å². The minimum atomic E-state index is 0.527. The number of fused-ring (bicyclic) bond motifs is 1. The summed E-state index contributed by atoms with van der Waals surface area (Å²) in [7, 11) is 0. The zero-order valence-electron chi connectivity index (χ0n) is 8.20. The maximum atomic E-state index is 5.48. The fraction of sp³-hybridized carbons (Fsp3) is 0.600. The van der Waals surface area contributed by atoms with Gasteiger partial charge in [0.1, 0.15) is 12.9 Å². The van der Waals surface area contributed by atoms with Gasteiger partial charge in [-0.25, -0.2) is 9.97 Å². The highest BCUT2D eigenvalue weighted by Crippen LogP contribution is 2.25. The number of nitrogens with two attached hydrogens (primary N) is 1. The maximum Gasteiger partial charge on any atom is 0.219 e. The summed E-state index contributed by atoms with van der Waals surface area (Å²) in [5.41, 5.74) is 7.72. The number of nitrogens with zero attached hydrogens (tertiary/aromatic N) is 2. The molecule has 0 radical (unpaired) electrons. The molecule has 1 aromatic heterocycles. The molecule has 1 heterocycles. The molecule has 0 aliphatic heterocycles. The van der Waals surface area contributed by atoms with E-state index in [0.717, 1.165) is 24.4 Å². The summed E-state index contributed by atoms with van der Waals surface area (Å²) in [6.45, 7) is 1.06. The van der Waals surface area contributed by atoms with E-state index in [1.807, 2.05) is 0 Å². The lowest BCUT2D eigenvalue weighted by molar-refractivity contribution is 0.309. The van der Waals surface area contributed by atoms with Crippen molar-refractivity contribution in [2.45, 2.75) is 25.7 Å². The van der Waals surface area contributed by atoms with Crippen LogP contribution in [0.5, 0.6) is 5.88 Å². The van der Waals surface area contributed by atoms with Crippen molar-refractivity contribution in [3.05, 3.63) is 17.6 Å². The summed E-state index contributed by atoms with van der Waals surface area (Å²) < 4.78 is 5.48. The molecule has 0 fully saturated rings. The van der Waals surface area contributed by atoms with Gasteiger partial charge in [0.05, 0.1) is 5.69 Å². The van der Waals surface area contributed by atoms with Crippen molar-refractivity contribution >= 4 is 0 Å². The average molecular weight is 193 g/mol. The Morgan fingerprint density at radius 2 is 2.14 bits per heavy atom. The molecule has 0 bridgehead atoms. The minimum Gasteiger partial charge on any atom is -0.476 e. The molecule has 0 saturated heterocycles. The van der Waals surface area contributed by atoms with Gasteiger partial charge in [0.15, 0.2) is 0 Å². The molecule has 1 aliphatic rings. The Balaban J connectivity index is 2.21. The van der Waals surface area contributed by atoms with Crippen LogP contribution in [0.2, 0.25) is 0 Å². The Kier molecular flexibility index (Phi) is 2.93. The van der Waals surface area contributed by atoms with Crippen LogP contribution in [-0.2, 0) is 12.8 Å². The highest BCUT2D eigenvalue weighted by atomic mass is 16.5. The monoisotopic (exact) mass is 193 g/mol. The van der Waals surface area contributed by atoms with Gasteiger partial charge < -0.3 is 10.5 Å². The van der Waals surface area contributed by atoms with E-state index in [0.29, 0.717) is 13.2 Å². The van der Waals surface area contributed by atoms with E-state index >= 15 is 0 Å². The zero-order valence-corrected chi connectivity index (χ0v) is 8.20. The van der Waals surface area contributed by atoms with Crippen LogP contribution in [0.4, 0.5) is 0 Å². The van der Waals surface area contributed by atoms with Crippen molar-refractivity contribution in [2.24, 2.45) is 5.73 Å². The average Bonchev–Trinajstić information content (AvgIpc) is 2.26. The molecule has 4 nitrogen and oxygen atoms in total. The number of hydrogen-bond donors (Lipinski definition) is 1. The molecule has 0 spiro atoms. The summed E-state index contributed by atoms with van der Waals surface area (Å²) >= 11 is 0. The number of hydrogen-bond acceptors (Lipinski definition) is 4. The predicted molar refractivity (Wildman–Crippen MR) is 53.2 cm³/mol. The molecule has 76 valence electrons. The predicted octanol–water partition coefficient (Wildman–Crippen LogP) is 0.693. The lowest BCUT2D eigenvalue weighted by Gasteiger charge is -2.16. The largest absolute Gasteiger partial charge is 0.476 e. The molecule has 14 heavy (non-hydrogen) atoms. The molecular weight excluding hydrogens is 178 g/mol. The third kappa shape index (κ3) is 1.85. The Labute approximate surface area is 83.5 Å². The molecule has 2 N–H and O–H groups in total. The smallest absolute Gasteiger partial charge is 0.219 e. The number of aryl methyl sites for hydroxylation is 1. The summed E-state index contributed by atoms with van der Waals surface area (Å²) in [6, 6.07) is 0. The number of aromatic nitrogens is 2. The van der Waals surface area contributed by atoms with E-state index in [1.54, 1.807) is 6.33 Å². The van der Waals surface area contributed by atoms with Gasteiger partial charge in [-0.1, -0.05) is 0 Å². The third-order valence-electron chi connectivity index (χ3n) is 2.44. The third-order valence-corrected chi connectivity index (χ3v) is 2.44. The first-order valence-corrected chi connectivity index (χ1v) is 5.07. The second-order valence-corrected chi connectivity index (χ2v) is 3.45. The van der Waals surface area contributed by atoms with Crippen LogP contribution in [0.1, 0.15) is 24.1 Å². The van der Waals surface area contributed by atoms with Crippen LogP contribution < -0.4 is 10.5 Å². The molecule has 1 aliphatic carbocycles. The van der Waals surface area contributed by atoms with Gasteiger partial charge >= 0.3 is 0 Å². The van der Waals surface area contributed by atoms with Crippen molar-refractivity contribution in [2.75, 3.05) is 13.2 Å². The molecule has 0 saturated carbocycles. The first-order chi connectivity index (χ1) is 6.92. The lowest BCUT2D eigenvalue weighted by atomic mass is 9.97. The standard InChI is InChI=1S/C10H15N3O/c11-5-6-14-10-8-3-1-2-4-9(8)12-7-13-10/h7H,1-6,11H2. The molecular formula is C10H15N3O. The summed E-state index contributed by atoms with van der Waals surface area (Å²) in [6.07, 6.45) is 6.10. The molecule has 4 heteroatoms. The van der Waals surface area contributed by atoms with Crippen molar-refractivity contribution in [1.29, 1.82) is 0 Å². The second-order valence-electron chi connectivity index (χ2n) is 3.45. The SMILES string of the molecule is NCCOc1ncnc2c1CCCC2. The van der Waals surface area contributed by atoms with Crippen LogP contribution in [0.25, 0.3) is 0 Å². The number of ether oxygens (including phenoxy) is 1. The van der Waals surface area contributed by atoms with Crippen molar-refractivity contribution in [1.82, 2.24) is 9.97 Å². The zero-order chi connectivity index (χ0) is 9.80. The highest BCUT2D eigenvalue weighted by molar-refractivity contribution is 5.31. The topological polar surface area (TPSA) is 61.0 Å². The van der Waals surface area contributed by atoms with Crippen LogP contribution in [0.3, 0.4) is 0 Å². The van der Waals surface area contributed by atoms with Crippen LogP contribution in [0, 0.1) is 0 Å². The van der Waals surface area contributed by atoms with Gasteiger partial charge in [0.25, 0.3) is 0 Å². The molecule has 0 unspecified atom stereocenters. The van der Waals surface area contributed by atoms with Crippen LogP contribution in [0.15, 0.2) is 6.33 Å². The van der Waals surface area contributed by atoms with E-state index in [-0.39, 0.29) is 0 Å². The van der Waals surface area contributed by atoms with Gasteiger partial charge in [0, 0.05) is 12.1 Å². The summed E-state index contributed by atoms with van der Waals surface area (Å²) in [4.78, 5) is 8.41. The van der Waals surface area contributed by atoms with Crippen molar-refractivity contribution < 1.29 is 4.74 Å². The highest BCUT2D eigenvalue weighted by Gasteiger charge is 2.15. The number of rotatable bonds is 3. The maximum absolute atomic E-state index is 5.48. The summed E-state index contributed by atoms with van der Waals surface area (Å²) in [5, 5.41) is 0. The summed E-state index contributed by atoms with van der Waals surface area (Å²) in [5.74, 6) is 0.736. The molecule has 0 atom stereocenters. The van der Waals surface area contributed by atoms with Crippen molar-refractivity contribution in [3.63, 3.8) is 0 Å². The fourth-order valence-electron chi connectivity index (χ4n) is 1.77. The Morgan fingerprint density at radius 1 is 1.29 bits per heavy atom. The second kappa shape index (κ2) is 4.37. The van der Waals surface area contributed by atoms with Gasteiger partial charge in [0.2, 0.25) is 5.88 Å². The van der Waals surface area contributed by atoms with Crippen LogP contribution in [-0.4, -0.2) is 23.1 Å². The molecule has 1 aromatic rings. The molecule has 2 rings (SSSR count). The Bertz CT molecular complexity index is 314. The van der Waals surface area contributed by atoms with E-state index in [2.05, 4.69) is 9.97 Å². The normalized spacial score (nSPS) is 14.9. The minimum absolute atomic E-state index is 0.527. The fourth-order valence-corrected chi connectivity index (χ4v) is 1.77. The lowest BCUT2D eigenvalue weighted by Crippen LogP contribution is -2.15. The Morgan fingerprint density at radius 3 is 3.00 bits per heavy atom. The van der Waals surface area contributed by atoms with Gasteiger partial charge in [-0.15, -0.1) is 0 Å². The van der Waals surface area contributed by atoms with Gasteiger partial charge in [-0.05, 0) is 25.7 Å². The Hall–Kier alpha value is -1.16. The molecule has 0 amide bonds. The quantitative estimate of drug-likeness (QED) is 0.767. The first kappa shape index (κ1) is 9.40. The first-order valence-electron chi connectivity index (χ1n) is 5.07. The van der Waals surface area contributed by atoms with E-state index in [1.165, 1.54) is 18.4 Å². The van der Waals surface area contributed by atoms with E-state index in [4.69, 9.17) is 10.5 Å². The van der Waals surface area contributed by atoms with E-state index < -0.39 is 0 Å². The molecule has 0 aromatic carbocycles. The van der Waals surface area contributed by atoms with Gasteiger partial charge in [-0.3, -0.25) is 0 Å².